The summed E-state index contributed by atoms with van der Waals surface area (Å²) in [5, 5.41) is 9.45. The molecule has 1 saturated heterocycles. The normalized spacial score (nSPS) is 21.3. The van der Waals surface area contributed by atoms with Crippen LogP contribution < -0.4 is 4.90 Å². The van der Waals surface area contributed by atoms with E-state index in [1.54, 1.807) is 6.92 Å². The first-order valence-corrected chi connectivity index (χ1v) is 8.03. The molecule has 1 aromatic carbocycles. The van der Waals surface area contributed by atoms with Crippen LogP contribution in [0.1, 0.15) is 25.0 Å². The maximum Gasteiger partial charge on any atom is 0.152 e. The molecule has 0 aliphatic carbocycles. The van der Waals surface area contributed by atoms with Crippen molar-refractivity contribution >= 4 is 15.5 Å². The van der Waals surface area contributed by atoms with Crippen LogP contribution in [-0.2, 0) is 9.84 Å². The van der Waals surface area contributed by atoms with Gasteiger partial charge >= 0.3 is 0 Å². The average molecular weight is 269 g/mol. The fraction of sp³-hybridized carbons (Fsp3) is 0.538. The van der Waals surface area contributed by atoms with Crippen molar-refractivity contribution in [2.45, 2.75) is 19.4 Å². The highest BCUT2D eigenvalue weighted by molar-refractivity contribution is 7.91. The minimum absolute atomic E-state index is 0.227. The van der Waals surface area contributed by atoms with Gasteiger partial charge in [0.25, 0.3) is 0 Å². The number of nitrogens with zero attached hydrogens (tertiary/aromatic N) is 1. The van der Waals surface area contributed by atoms with Gasteiger partial charge in [0.2, 0.25) is 0 Å². The van der Waals surface area contributed by atoms with Crippen molar-refractivity contribution < 1.29 is 13.5 Å². The summed E-state index contributed by atoms with van der Waals surface area (Å²) >= 11 is 0. The van der Waals surface area contributed by atoms with Crippen molar-refractivity contribution in [3.8, 4) is 0 Å². The third-order valence-corrected chi connectivity index (χ3v) is 5.01. The van der Waals surface area contributed by atoms with E-state index in [9.17, 15) is 13.5 Å². The number of aliphatic hydroxyl groups is 1. The van der Waals surface area contributed by atoms with E-state index in [1.807, 2.05) is 24.3 Å². The van der Waals surface area contributed by atoms with Gasteiger partial charge in [-0.3, -0.25) is 0 Å². The van der Waals surface area contributed by atoms with Crippen molar-refractivity contribution in [1.29, 1.82) is 0 Å². The molecule has 0 aromatic heterocycles. The SMILES string of the molecule is CC(O)c1ccc(N2CCCS(=O)(=O)CC2)cc1. The molecule has 1 N–H and O–H groups in total. The van der Waals surface area contributed by atoms with E-state index in [-0.39, 0.29) is 11.5 Å². The Morgan fingerprint density at radius 1 is 1.17 bits per heavy atom. The molecule has 2 rings (SSSR count). The Balaban J connectivity index is 2.12. The zero-order chi connectivity index (χ0) is 13.2. The van der Waals surface area contributed by atoms with Crippen molar-refractivity contribution in [1.82, 2.24) is 0 Å². The Morgan fingerprint density at radius 2 is 1.83 bits per heavy atom. The first-order valence-electron chi connectivity index (χ1n) is 6.21. The number of benzene rings is 1. The maximum atomic E-state index is 11.5. The van der Waals surface area contributed by atoms with Crippen molar-refractivity contribution in [3.05, 3.63) is 29.8 Å². The quantitative estimate of drug-likeness (QED) is 0.881. The molecule has 5 heteroatoms. The van der Waals surface area contributed by atoms with Gasteiger partial charge < -0.3 is 10.0 Å². The number of hydrogen-bond acceptors (Lipinski definition) is 4. The monoisotopic (exact) mass is 269 g/mol. The van der Waals surface area contributed by atoms with Gasteiger partial charge in [-0.15, -0.1) is 0 Å². The van der Waals surface area contributed by atoms with Crippen LogP contribution in [0.3, 0.4) is 0 Å². The molecule has 0 amide bonds. The molecular weight excluding hydrogens is 250 g/mol. The molecule has 1 unspecified atom stereocenters. The van der Waals surface area contributed by atoms with E-state index in [1.165, 1.54) is 0 Å². The Bertz CT molecular complexity index is 493. The van der Waals surface area contributed by atoms with E-state index in [0.717, 1.165) is 17.8 Å². The van der Waals surface area contributed by atoms with E-state index < -0.39 is 15.9 Å². The first-order chi connectivity index (χ1) is 8.48. The smallest absolute Gasteiger partial charge is 0.152 e. The van der Waals surface area contributed by atoms with Crippen LogP contribution >= 0.6 is 0 Å². The van der Waals surface area contributed by atoms with Crippen molar-refractivity contribution in [3.63, 3.8) is 0 Å². The van der Waals surface area contributed by atoms with Crippen LogP contribution in [0, 0.1) is 0 Å². The highest BCUT2D eigenvalue weighted by Crippen LogP contribution is 2.20. The van der Waals surface area contributed by atoms with E-state index in [2.05, 4.69) is 4.90 Å². The maximum absolute atomic E-state index is 11.5. The Labute approximate surface area is 108 Å². The van der Waals surface area contributed by atoms with Crippen LogP contribution in [0.4, 0.5) is 5.69 Å². The van der Waals surface area contributed by atoms with Crippen LogP contribution in [-0.4, -0.2) is 38.1 Å². The summed E-state index contributed by atoms with van der Waals surface area (Å²) in [4.78, 5) is 2.09. The topological polar surface area (TPSA) is 57.6 Å². The molecule has 1 aromatic rings. The predicted octanol–water partition coefficient (Wildman–Crippen LogP) is 1.36. The molecule has 18 heavy (non-hydrogen) atoms. The first kappa shape index (κ1) is 13.4. The van der Waals surface area contributed by atoms with Gasteiger partial charge in [-0.2, -0.15) is 0 Å². The number of sulfone groups is 1. The fourth-order valence-corrected chi connectivity index (χ4v) is 3.43. The van der Waals surface area contributed by atoms with E-state index >= 15 is 0 Å². The Hall–Kier alpha value is -1.07. The molecular formula is C13H19NO3S. The van der Waals surface area contributed by atoms with Crippen LogP contribution in [0.5, 0.6) is 0 Å². The summed E-state index contributed by atoms with van der Waals surface area (Å²) in [6.07, 6.45) is 0.212. The van der Waals surface area contributed by atoms with Gasteiger partial charge in [-0.25, -0.2) is 8.42 Å². The number of hydrogen-bond donors (Lipinski definition) is 1. The van der Waals surface area contributed by atoms with Crippen molar-refractivity contribution in [2.75, 3.05) is 29.5 Å². The molecule has 0 saturated carbocycles. The molecule has 0 radical (unpaired) electrons. The minimum atomic E-state index is -2.86. The molecule has 0 spiro atoms. The highest BCUT2D eigenvalue weighted by Gasteiger charge is 2.19. The zero-order valence-electron chi connectivity index (χ0n) is 10.5. The molecule has 1 aliphatic rings. The molecule has 100 valence electrons. The van der Waals surface area contributed by atoms with E-state index in [4.69, 9.17) is 0 Å². The summed E-state index contributed by atoms with van der Waals surface area (Å²) in [6, 6.07) is 7.67. The fourth-order valence-electron chi connectivity index (χ4n) is 2.16. The lowest BCUT2D eigenvalue weighted by molar-refractivity contribution is 0.199. The van der Waals surface area contributed by atoms with E-state index in [0.29, 0.717) is 13.0 Å². The third-order valence-electron chi connectivity index (χ3n) is 3.30. The van der Waals surface area contributed by atoms with Gasteiger partial charge in [0, 0.05) is 18.8 Å². The standard InChI is InChI=1S/C13H19NO3S/c1-11(15)12-3-5-13(6-4-12)14-7-2-9-18(16,17)10-8-14/h3-6,11,15H,2,7-10H2,1H3. The highest BCUT2D eigenvalue weighted by atomic mass is 32.2. The second-order valence-electron chi connectivity index (χ2n) is 4.76. The molecule has 1 atom stereocenters. The average Bonchev–Trinajstić information content (AvgIpc) is 2.50. The van der Waals surface area contributed by atoms with Gasteiger partial charge in [0.05, 0.1) is 17.6 Å². The van der Waals surface area contributed by atoms with Crippen LogP contribution in [0.2, 0.25) is 0 Å². The predicted molar refractivity (Wildman–Crippen MR) is 72.6 cm³/mol. The molecule has 1 fully saturated rings. The molecule has 4 nitrogen and oxygen atoms in total. The number of anilines is 1. The summed E-state index contributed by atoms with van der Waals surface area (Å²) in [7, 11) is -2.86. The van der Waals surface area contributed by atoms with Crippen LogP contribution in [0.15, 0.2) is 24.3 Å². The lowest BCUT2D eigenvalue weighted by Crippen LogP contribution is -2.26. The second-order valence-corrected chi connectivity index (χ2v) is 7.06. The summed E-state index contributed by atoms with van der Waals surface area (Å²) in [5.41, 5.74) is 1.90. The largest absolute Gasteiger partial charge is 0.389 e. The van der Waals surface area contributed by atoms with Crippen molar-refractivity contribution in [2.24, 2.45) is 0 Å². The number of aliphatic hydroxyl groups excluding tert-OH is 1. The molecule has 0 bridgehead atoms. The third kappa shape index (κ3) is 3.23. The minimum Gasteiger partial charge on any atom is -0.389 e. The van der Waals surface area contributed by atoms with Crippen LogP contribution in [0.25, 0.3) is 0 Å². The zero-order valence-corrected chi connectivity index (χ0v) is 11.4. The lowest BCUT2D eigenvalue weighted by atomic mass is 10.1. The van der Waals surface area contributed by atoms with Gasteiger partial charge in [-0.1, -0.05) is 12.1 Å². The summed E-state index contributed by atoms with van der Waals surface area (Å²) in [6.45, 7) is 3.05. The van der Waals surface area contributed by atoms with Gasteiger partial charge in [0.15, 0.2) is 9.84 Å². The Kier molecular flexibility index (Phi) is 3.92. The molecule has 1 aliphatic heterocycles. The Morgan fingerprint density at radius 3 is 2.44 bits per heavy atom. The second kappa shape index (κ2) is 5.28. The summed E-state index contributed by atoms with van der Waals surface area (Å²) in [5.74, 6) is 0.514. The lowest BCUT2D eigenvalue weighted by Gasteiger charge is -2.22. The summed E-state index contributed by atoms with van der Waals surface area (Å²) < 4.78 is 23.1. The number of rotatable bonds is 2. The molecule has 1 heterocycles. The van der Waals surface area contributed by atoms with Gasteiger partial charge in [0.1, 0.15) is 0 Å². The van der Waals surface area contributed by atoms with Gasteiger partial charge in [-0.05, 0) is 31.0 Å².